The standard InChI is InChI=1S/C28H24F3N5O2S/c29-28(30,31)25-8-4-5-9-27(25)39(37,38)36-16-22-12-21(14-32)10-11-26(22)35(17-23-15-33-19-34-23)18-24(36)13-20-6-2-1-3-7-20/h1-12,15,19,24H,13,16-18H2,(H,33,34)/t24-/m1/s1. The van der Waals surface area contributed by atoms with Crippen LogP contribution in [0.1, 0.15) is 27.9 Å². The zero-order chi connectivity index (χ0) is 27.6. The summed E-state index contributed by atoms with van der Waals surface area (Å²) in [5.41, 5.74) is 1.87. The van der Waals surface area contributed by atoms with Crippen molar-refractivity contribution in [1.82, 2.24) is 14.3 Å². The molecule has 7 nitrogen and oxygen atoms in total. The van der Waals surface area contributed by atoms with Gasteiger partial charge in [-0.05, 0) is 47.9 Å². The molecule has 0 saturated heterocycles. The van der Waals surface area contributed by atoms with Gasteiger partial charge < -0.3 is 9.88 Å². The Morgan fingerprint density at radius 1 is 1.05 bits per heavy atom. The molecule has 0 saturated carbocycles. The summed E-state index contributed by atoms with van der Waals surface area (Å²) in [6.45, 7) is 0.322. The number of nitrogens with zero attached hydrogens (tertiary/aromatic N) is 4. The average Bonchev–Trinajstić information content (AvgIpc) is 3.38. The summed E-state index contributed by atoms with van der Waals surface area (Å²) in [6, 6.07) is 19.8. The van der Waals surface area contributed by atoms with Crippen LogP contribution in [0.25, 0.3) is 0 Å². The number of fused-ring (bicyclic) bond motifs is 1. The van der Waals surface area contributed by atoms with Crippen molar-refractivity contribution in [3.05, 3.63) is 113 Å². The molecule has 1 atom stereocenters. The van der Waals surface area contributed by atoms with Crippen molar-refractivity contribution in [3.8, 4) is 6.07 Å². The lowest BCUT2D eigenvalue weighted by molar-refractivity contribution is -0.139. The summed E-state index contributed by atoms with van der Waals surface area (Å²) in [7, 11) is -4.63. The third-order valence-corrected chi connectivity index (χ3v) is 8.67. The molecule has 11 heteroatoms. The molecule has 1 aliphatic heterocycles. The molecule has 0 bridgehead atoms. The molecule has 0 spiro atoms. The number of aromatic nitrogens is 2. The normalized spacial score (nSPS) is 16.4. The number of hydrogen-bond acceptors (Lipinski definition) is 5. The van der Waals surface area contributed by atoms with Crippen LogP contribution in [0.4, 0.5) is 18.9 Å². The van der Waals surface area contributed by atoms with Gasteiger partial charge in [-0.15, -0.1) is 0 Å². The van der Waals surface area contributed by atoms with Crippen LogP contribution in [0, 0.1) is 11.3 Å². The summed E-state index contributed by atoms with van der Waals surface area (Å²) >= 11 is 0. The zero-order valence-corrected chi connectivity index (χ0v) is 21.5. The maximum Gasteiger partial charge on any atom is 0.417 e. The summed E-state index contributed by atoms with van der Waals surface area (Å²) in [4.78, 5) is 8.38. The number of benzene rings is 3. The van der Waals surface area contributed by atoms with Gasteiger partial charge in [0.25, 0.3) is 0 Å². The van der Waals surface area contributed by atoms with Crippen LogP contribution >= 0.6 is 0 Å². The Morgan fingerprint density at radius 2 is 1.79 bits per heavy atom. The highest BCUT2D eigenvalue weighted by Crippen LogP contribution is 2.38. The van der Waals surface area contributed by atoms with E-state index in [9.17, 15) is 26.9 Å². The fourth-order valence-corrected chi connectivity index (χ4v) is 6.75. The fourth-order valence-electron chi connectivity index (χ4n) is 4.94. The topological polar surface area (TPSA) is 93.1 Å². The number of rotatable bonds is 6. The summed E-state index contributed by atoms with van der Waals surface area (Å²) in [5.74, 6) is 0. The molecular formula is C28H24F3N5O2S. The number of hydrogen-bond donors (Lipinski definition) is 1. The fraction of sp³-hybridized carbons (Fsp3) is 0.214. The van der Waals surface area contributed by atoms with Gasteiger partial charge in [0.2, 0.25) is 10.0 Å². The first-order valence-electron chi connectivity index (χ1n) is 12.1. The Hall–Kier alpha value is -4.14. The third-order valence-electron chi connectivity index (χ3n) is 6.71. The number of nitriles is 1. The average molecular weight is 552 g/mol. The first-order chi connectivity index (χ1) is 18.7. The van der Waals surface area contributed by atoms with Crippen molar-refractivity contribution in [2.24, 2.45) is 0 Å². The van der Waals surface area contributed by atoms with Crippen LogP contribution in [-0.4, -0.2) is 35.3 Å². The van der Waals surface area contributed by atoms with Crippen LogP contribution in [0.5, 0.6) is 0 Å². The number of halogens is 3. The van der Waals surface area contributed by atoms with Gasteiger partial charge in [-0.25, -0.2) is 13.4 Å². The third kappa shape index (κ3) is 5.53. The minimum atomic E-state index is -4.86. The minimum absolute atomic E-state index is 0.189. The summed E-state index contributed by atoms with van der Waals surface area (Å²) in [5, 5.41) is 9.52. The molecule has 5 rings (SSSR count). The number of alkyl halides is 3. The highest BCUT2D eigenvalue weighted by atomic mass is 32.2. The monoisotopic (exact) mass is 551 g/mol. The molecule has 0 amide bonds. The van der Waals surface area contributed by atoms with E-state index in [2.05, 4.69) is 16.0 Å². The van der Waals surface area contributed by atoms with Crippen LogP contribution in [-0.2, 0) is 35.7 Å². The number of anilines is 1. The number of sulfonamides is 1. The second-order valence-corrected chi connectivity index (χ2v) is 11.1. The van der Waals surface area contributed by atoms with Crippen molar-refractivity contribution in [3.63, 3.8) is 0 Å². The first-order valence-corrected chi connectivity index (χ1v) is 13.6. The second kappa shape index (κ2) is 10.6. The summed E-state index contributed by atoms with van der Waals surface area (Å²) in [6.07, 6.45) is -1.32. The molecule has 4 aromatic rings. The number of aromatic amines is 1. The lowest BCUT2D eigenvalue weighted by atomic mass is 10.1. The molecule has 2 heterocycles. The van der Waals surface area contributed by atoms with E-state index >= 15 is 0 Å². The largest absolute Gasteiger partial charge is 0.417 e. The van der Waals surface area contributed by atoms with Gasteiger partial charge in [-0.3, -0.25) is 0 Å². The van der Waals surface area contributed by atoms with E-state index < -0.39 is 32.7 Å². The van der Waals surface area contributed by atoms with Gasteiger partial charge in [-0.2, -0.15) is 22.7 Å². The van der Waals surface area contributed by atoms with E-state index in [4.69, 9.17) is 0 Å². The van der Waals surface area contributed by atoms with Crippen LogP contribution in [0.2, 0.25) is 0 Å². The maximum atomic E-state index is 14.1. The predicted molar refractivity (Wildman–Crippen MR) is 139 cm³/mol. The molecular weight excluding hydrogens is 527 g/mol. The highest BCUT2D eigenvalue weighted by molar-refractivity contribution is 7.89. The van der Waals surface area contributed by atoms with Crippen molar-refractivity contribution < 1.29 is 21.6 Å². The highest BCUT2D eigenvalue weighted by Gasteiger charge is 2.42. The van der Waals surface area contributed by atoms with Crippen molar-refractivity contribution >= 4 is 15.7 Å². The van der Waals surface area contributed by atoms with Crippen molar-refractivity contribution in [2.45, 2.75) is 36.6 Å². The second-order valence-electron chi connectivity index (χ2n) is 9.28. The molecule has 3 aromatic carbocycles. The van der Waals surface area contributed by atoms with E-state index in [1.165, 1.54) is 12.1 Å². The van der Waals surface area contributed by atoms with E-state index in [1.54, 1.807) is 30.7 Å². The molecule has 0 radical (unpaired) electrons. The SMILES string of the molecule is N#Cc1ccc2c(c1)CN(S(=O)(=O)c1ccccc1C(F)(F)F)[C@H](Cc1ccccc1)CN2Cc1c[nH]cn1. The minimum Gasteiger partial charge on any atom is -0.364 e. The number of H-pyrrole nitrogens is 1. The smallest absolute Gasteiger partial charge is 0.364 e. The van der Waals surface area contributed by atoms with Gasteiger partial charge in [0.15, 0.2) is 0 Å². The number of nitrogens with one attached hydrogen (secondary N) is 1. The Balaban J connectivity index is 1.67. The first kappa shape index (κ1) is 26.5. The predicted octanol–water partition coefficient (Wildman–Crippen LogP) is 5.12. The zero-order valence-electron chi connectivity index (χ0n) is 20.6. The van der Waals surface area contributed by atoms with Crippen LogP contribution < -0.4 is 4.90 Å². The molecule has 200 valence electrons. The van der Waals surface area contributed by atoms with E-state index in [1.807, 2.05) is 35.2 Å². The summed E-state index contributed by atoms with van der Waals surface area (Å²) < 4.78 is 71.2. The van der Waals surface area contributed by atoms with Gasteiger partial charge in [0.1, 0.15) is 0 Å². The Labute approximate surface area is 224 Å². The van der Waals surface area contributed by atoms with Gasteiger partial charge in [0.05, 0.1) is 40.7 Å². The van der Waals surface area contributed by atoms with E-state index in [0.29, 0.717) is 29.1 Å². The van der Waals surface area contributed by atoms with E-state index in [-0.39, 0.29) is 19.5 Å². The van der Waals surface area contributed by atoms with Gasteiger partial charge in [-0.1, -0.05) is 42.5 Å². The van der Waals surface area contributed by atoms with Crippen molar-refractivity contribution in [1.29, 1.82) is 5.26 Å². The van der Waals surface area contributed by atoms with Gasteiger partial charge in [0, 0.05) is 31.0 Å². The van der Waals surface area contributed by atoms with Gasteiger partial charge >= 0.3 is 6.18 Å². The molecule has 0 aliphatic carbocycles. The molecule has 1 N–H and O–H groups in total. The lowest BCUT2D eigenvalue weighted by Crippen LogP contribution is -2.46. The maximum absolute atomic E-state index is 14.1. The Morgan fingerprint density at radius 3 is 2.49 bits per heavy atom. The molecule has 0 fully saturated rings. The van der Waals surface area contributed by atoms with Crippen LogP contribution in [0.3, 0.4) is 0 Å². The van der Waals surface area contributed by atoms with Crippen molar-refractivity contribution in [2.75, 3.05) is 11.4 Å². The molecule has 0 unspecified atom stereocenters. The van der Waals surface area contributed by atoms with E-state index in [0.717, 1.165) is 22.0 Å². The molecule has 1 aliphatic rings. The Bertz CT molecular complexity index is 1600. The molecule has 1 aromatic heterocycles. The molecule has 39 heavy (non-hydrogen) atoms. The number of imidazole rings is 1. The Kier molecular flexibility index (Phi) is 7.16. The lowest BCUT2D eigenvalue weighted by Gasteiger charge is -2.32. The van der Waals surface area contributed by atoms with Crippen LogP contribution in [0.15, 0.2) is 90.2 Å². The quantitative estimate of drug-likeness (QED) is 0.359.